The molecule has 148 valence electrons. The van der Waals surface area contributed by atoms with Gasteiger partial charge in [0.2, 0.25) is 0 Å². The lowest BCUT2D eigenvalue weighted by atomic mass is 9.75. The average Bonchev–Trinajstić information content (AvgIpc) is 2.73. The van der Waals surface area contributed by atoms with Crippen LogP contribution in [-0.2, 0) is 4.79 Å². The number of carbonyl (C=O) groups is 1. The number of hydrogen-bond donors (Lipinski definition) is 0. The molecule has 0 amide bonds. The zero-order chi connectivity index (χ0) is 19.1. The largest absolute Gasteiger partial charge is 0.295 e. The van der Waals surface area contributed by atoms with Crippen molar-refractivity contribution < 1.29 is 4.79 Å². The van der Waals surface area contributed by atoms with Crippen LogP contribution in [0, 0.1) is 11.8 Å². The summed E-state index contributed by atoms with van der Waals surface area (Å²) in [6.45, 7) is 5.90. The summed E-state index contributed by atoms with van der Waals surface area (Å²) in [4.78, 5) is 11.4. The number of carbonyl (C=O) groups excluding carboxylic acids is 1. The molecule has 0 radical (unpaired) electrons. The molecule has 3 rings (SSSR count). The summed E-state index contributed by atoms with van der Waals surface area (Å²) < 4.78 is 0. The van der Waals surface area contributed by atoms with Crippen molar-refractivity contribution in [3.05, 3.63) is 48.0 Å². The van der Waals surface area contributed by atoms with E-state index in [1.165, 1.54) is 70.3 Å². The van der Waals surface area contributed by atoms with E-state index in [9.17, 15) is 4.79 Å². The Balaban J connectivity index is 1.46. The molecule has 0 saturated heterocycles. The van der Waals surface area contributed by atoms with Gasteiger partial charge in [0.25, 0.3) is 0 Å². The SMILES string of the molecule is C=CC(=O)CCC1CCC(c2ccc(C3CCC(CCC)CC3)cc2)CC1. The highest BCUT2D eigenvalue weighted by atomic mass is 16.1. The fourth-order valence-electron chi connectivity index (χ4n) is 5.47. The lowest BCUT2D eigenvalue weighted by Gasteiger charge is -2.30. The zero-order valence-corrected chi connectivity index (χ0v) is 17.3. The number of hydrogen-bond acceptors (Lipinski definition) is 1. The summed E-state index contributed by atoms with van der Waals surface area (Å²) in [5.74, 6) is 3.46. The summed E-state index contributed by atoms with van der Waals surface area (Å²) >= 11 is 0. The van der Waals surface area contributed by atoms with Gasteiger partial charge in [-0.25, -0.2) is 0 Å². The fraction of sp³-hybridized carbons (Fsp3) is 0.654. The van der Waals surface area contributed by atoms with Crippen LogP contribution in [-0.4, -0.2) is 5.78 Å². The molecule has 27 heavy (non-hydrogen) atoms. The molecule has 2 fully saturated rings. The van der Waals surface area contributed by atoms with Crippen molar-refractivity contribution in [1.29, 1.82) is 0 Å². The van der Waals surface area contributed by atoms with Gasteiger partial charge in [0.1, 0.15) is 0 Å². The second-order valence-electron chi connectivity index (χ2n) is 9.10. The third kappa shape index (κ3) is 5.80. The van der Waals surface area contributed by atoms with Gasteiger partial charge in [-0.05, 0) is 98.7 Å². The molecule has 0 aromatic heterocycles. The number of allylic oxidation sites excluding steroid dienone is 1. The van der Waals surface area contributed by atoms with Crippen LogP contribution in [0.5, 0.6) is 0 Å². The van der Waals surface area contributed by atoms with Crippen molar-refractivity contribution in [1.82, 2.24) is 0 Å². The molecule has 0 unspecified atom stereocenters. The maximum absolute atomic E-state index is 11.4. The van der Waals surface area contributed by atoms with Gasteiger partial charge in [0.15, 0.2) is 5.78 Å². The first-order valence-electron chi connectivity index (χ1n) is 11.4. The Morgan fingerprint density at radius 3 is 1.70 bits per heavy atom. The molecule has 1 aromatic carbocycles. The first kappa shape index (κ1) is 20.4. The van der Waals surface area contributed by atoms with E-state index in [1.54, 1.807) is 11.1 Å². The van der Waals surface area contributed by atoms with Crippen LogP contribution in [0.1, 0.15) is 107 Å². The van der Waals surface area contributed by atoms with Crippen molar-refractivity contribution in [3.8, 4) is 0 Å². The molecule has 2 saturated carbocycles. The van der Waals surface area contributed by atoms with E-state index in [0.29, 0.717) is 6.42 Å². The van der Waals surface area contributed by atoms with Gasteiger partial charge in [0, 0.05) is 6.42 Å². The van der Waals surface area contributed by atoms with E-state index in [0.717, 1.165) is 30.1 Å². The quantitative estimate of drug-likeness (QED) is 0.434. The molecule has 0 N–H and O–H groups in total. The van der Waals surface area contributed by atoms with Crippen molar-refractivity contribution in [2.45, 2.75) is 95.8 Å². The van der Waals surface area contributed by atoms with Gasteiger partial charge < -0.3 is 0 Å². The minimum absolute atomic E-state index is 0.205. The van der Waals surface area contributed by atoms with Crippen molar-refractivity contribution in [2.24, 2.45) is 11.8 Å². The second kappa shape index (κ2) is 10.2. The van der Waals surface area contributed by atoms with Crippen molar-refractivity contribution >= 4 is 5.78 Å². The van der Waals surface area contributed by atoms with Gasteiger partial charge in [-0.2, -0.15) is 0 Å². The predicted octanol–water partition coefficient (Wildman–Crippen LogP) is 7.57. The van der Waals surface area contributed by atoms with E-state index in [1.807, 2.05) is 0 Å². The molecule has 0 bridgehead atoms. The molecule has 0 heterocycles. The Labute approximate surface area is 166 Å². The number of ketones is 1. The van der Waals surface area contributed by atoms with Gasteiger partial charge >= 0.3 is 0 Å². The van der Waals surface area contributed by atoms with Crippen LogP contribution in [0.3, 0.4) is 0 Å². The molecule has 1 nitrogen and oxygen atoms in total. The summed E-state index contributed by atoms with van der Waals surface area (Å²) in [5, 5.41) is 0. The Kier molecular flexibility index (Phi) is 7.73. The Hall–Kier alpha value is -1.37. The summed E-state index contributed by atoms with van der Waals surface area (Å²) in [6, 6.07) is 9.68. The Bertz CT molecular complexity index is 583. The minimum Gasteiger partial charge on any atom is -0.295 e. The molecule has 0 spiro atoms. The third-order valence-corrected chi connectivity index (χ3v) is 7.30. The second-order valence-corrected chi connectivity index (χ2v) is 9.10. The standard InChI is InChI=1S/C26H38O/c1-3-5-20-6-11-22(12-7-20)24-15-17-25(18-16-24)23-13-8-21(9-14-23)10-19-26(27)4-2/h4,15-18,20-23H,2-3,5-14,19H2,1H3. The Morgan fingerprint density at radius 1 is 0.852 bits per heavy atom. The lowest BCUT2D eigenvalue weighted by molar-refractivity contribution is -0.114. The van der Waals surface area contributed by atoms with Gasteiger partial charge in [-0.15, -0.1) is 0 Å². The smallest absolute Gasteiger partial charge is 0.155 e. The molecule has 2 aliphatic rings. The Morgan fingerprint density at radius 2 is 1.30 bits per heavy atom. The van der Waals surface area contributed by atoms with Crippen molar-refractivity contribution in [2.75, 3.05) is 0 Å². The summed E-state index contributed by atoms with van der Waals surface area (Å²) in [7, 11) is 0. The predicted molar refractivity (Wildman–Crippen MR) is 115 cm³/mol. The van der Waals surface area contributed by atoms with Crippen LogP contribution >= 0.6 is 0 Å². The van der Waals surface area contributed by atoms with E-state index in [-0.39, 0.29) is 5.78 Å². The van der Waals surface area contributed by atoms with E-state index < -0.39 is 0 Å². The topological polar surface area (TPSA) is 17.1 Å². The monoisotopic (exact) mass is 366 g/mol. The van der Waals surface area contributed by atoms with E-state index in [4.69, 9.17) is 0 Å². The molecular formula is C26H38O. The maximum atomic E-state index is 11.4. The molecule has 1 aromatic rings. The molecule has 0 aliphatic heterocycles. The van der Waals surface area contributed by atoms with E-state index in [2.05, 4.69) is 37.8 Å². The summed E-state index contributed by atoms with van der Waals surface area (Å²) in [5.41, 5.74) is 3.12. The molecule has 0 atom stereocenters. The van der Waals surface area contributed by atoms with E-state index >= 15 is 0 Å². The zero-order valence-electron chi connectivity index (χ0n) is 17.3. The van der Waals surface area contributed by atoms with Crippen LogP contribution in [0.4, 0.5) is 0 Å². The first-order valence-corrected chi connectivity index (χ1v) is 11.4. The highest BCUT2D eigenvalue weighted by molar-refractivity contribution is 5.88. The van der Waals surface area contributed by atoms with Gasteiger partial charge in [-0.1, -0.05) is 50.6 Å². The van der Waals surface area contributed by atoms with Crippen LogP contribution < -0.4 is 0 Å². The third-order valence-electron chi connectivity index (χ3n) is 7.30. The molecule has 1 heteroatoms. The average molecular weight is 367 g/mol. The van der Waals surface area contributed by atoms with Crippen LogP contribution in [0.15, 0.2) is 36.9 Å². The highest BCUT2D eigenvalue weighted by Crippen LogP contribution is 2.40. The molecule has 2 aliphatic carbocycles. The fourth-order valence-corrected chi connectivity index (χ4v) is 5.47. The summed E-state index contributed by atoms with van der Waals surface area (Å²) in [6.07, 6.45) is 16.7. The van der Waals surface area contributed by atoms with Crippen LogP contribution in [0.25, 0.3) is 0 Å². The van der Waals surface area contributed by atoms with Crippen LogP contribution in [0.2, 0.25) is 0 Å². The minimum atomic E-state index is 0.205. The first-order chi connectivity index (χ1) is 13.2. The van der Waals surface area contributed by atoms with Crippen molar-refractivity contribution in [3.63, 3.8) is 0 Å². The maximum Gasteiger partial charge on any atom is 0.155 e. The normalized spacial score (nSPS) is 28.6. The lowest BCUT2D eigenvalue weighted by Crippen LogP contribution is -2.15. The van der Waals surface area contributed by atoms with Gasteiger partial charge in [0.05, 0.1) is 0 Å². The molecular weight excluding hydrogens is 328 g/mol. The number of rotatable bonds is 8. The number of benzene rings is 1. The van der Waals surface area contributed by atoms with Gasteiger partial charge in [-0.3, -0.25) is 4.79 Å². The highest BCUT2D eigenvalue weighted by Gasteiger charge is 2.24.